The van der Waals surface area contributed by atoms with Crippen molar-refractivity contribution < 1.29 is 19.0 Å². The second kappa shape index (κ2) is 9.48. The molecule has 0 spiro atoms. The van der Waals surface area contributed by atoms with Crippen molar-refractivity contribution in [2.75, 3.05) is 7.11 Å². The van der Waals surface area contributed by atoms with E-state index in [4.69, 9.17) is 14.2 Å². The molecule has 0 heterocycles. The molecular weight excluding hydrogens is 496 g/mol. The molecule has 5 rings (SSSR count). The van der Waals surface area contributed by atoms with Crippen LogP contribution in [0.15, 0.2) is 11.6 Å². The summed E-state index contributed by atoms with van der Waals surface area (Å²) < 4.78 is 17.9. The van der Waals surface area contributed by atoms with Gasteiger partial charge in [-0.25, -0.2) is 4.79 Å². The van der Waals surface area contributed by atoms with Crippen molar-refractivity contribution in [1.29, 1.82) is 0 Å². The summed E-state index contributed by atoms with van der Waals surface area (Å²) in [4.78, 5) is 12.9. The lowest BCUT2D eigenvalue weighted by Crippen LogP contribution is -2.67. The van der Waals surface area contributed by atoms with Gasteiger partial charge in [-0.3, -0.25) is 0 Å². The maximum atomic E-state index is 12.9. The molecule has 5 aliphatic rings. The summed E-state index contributed by atoms with van der Waals surface area (Å²) in [7, 11) is 1.80. The quantitative estimate of drug-likeness (QED) is 0.251. The summed E-state index contributed by atoms with van der Waals surface area (Å²) in [5.74, 6) is 3.34. The average molecular weight is 557 g/mol. The van der Waals surface area contributed by atoms with Crippen LogP contribution in [0.5, 0.6) is 0 Å². The van der Waals surface area contributed by atoms with Crippen molar-refractivity contribution in [2.24, 2.45) is 56.7 Å². The van der Waals surface area contributed by atoms with Gasteiger partial charge in [0.2, 0.25) is 0 Å². The highest BCUT2D eigenvalue weighted by Gasteiger charge is 2.69. The highest BCUT2D eigenvalue weighted by atomic mass is 16.7. The van der Waals surface area contributed by atoms with E-state index in [0.717, 1.165) is 24.2 Å². The van der Waals surface area contributed by atoms with Crippen LogP contribution in [0.3, 0.4) is 0 Å². The third kappa shape index (κ3) is 4.26. The highest BCUT2D eigenvalue weighted by molar-refractivity contribution is 5.61. The second-order valence-electron chi connectivity index (χ2n) is 17.6. The fraction of sp³-hybridized carbons (Fsp3) is 0.917. The zero-order chi connectivity index (χ0) is 29.7. The smallest absolute Gasteiger partial charge is 0.429 e. The molecule has 4 fully saturated rings. The minimum Gasteiger partial charge on any atom is -0.429 e. The number of ether oxygens (including phenoxy) is 3. The number of hydrogen-bond donors (Lipinski definition) is 0. The van der Waals surface area contributed by atoms with Crippen LogP contribution >= 0.6 is 0 Å². The number of methoxy groups -OCH3 is 1. The zero-order valence-corrected chi connectivity index (χ0v) is 27.9. The summed E-state index contributed by atoms with van der Waals surface area (Å²) in [5, 5.41) is 0. The molecule has 0 aliphatic heterocycles. The van der Waals surface area contributed by atoms with E-state index in [-0.39, 0.29) is 33.9 Å². The number of allylic oxidation sites excluding steroid dienone is 2. The van der Waals surface area contributed by atoms with E-state index in [1.54, 1.807) is 7.11 Å². The Balaban J connectivity index is 1.51. The van der Waals surface area contributed by atoms with Crippen molar-refractivity contribution in [1.82, 2.24) is 0 Å². The number of carbonyl (C=O) groups is 1. The largest absolute Gasteiger partial charge is 0.509 e. The van der Waals surface area contributed by atoms with E-state index in [9.17, 15) is 4.79 Å². The molecule has 0 bridgehead atoms. The molecule has 0 aromatic rings. The van der Waals surface area contributed by atoms with Gasteiger partial charge >= 0.3 is 6.16 Å². The Morgan fingerprint density at radius 3 is 2.23 bits per heavy atom. The normalized spacial score (nSPS) is 49.9. The molecule has 0 aromatic heterocycles. The molecule has 4 heteroatoms. The minimum atomic E-state index is -0.578. The summed E-state index contributed by atoms with van der Waals surface area (Å²) >= 11 is 0. The van der Waals surface area contributed by atoms with Gasteiger partial charge in [-0.15, -0.1) is 0 Å². The Morgan fingerprint density at radius 1 is 0.925 bits per heavy atom. The number of carbonyl (C=O) groups excluding carboxylic acids is 1. The van der Waals surface area contributed by atoms with E-state index in [0.29, 0.717) is 17.3 Å². The van der Waals surface area contributed by atoms with Crippen LogP contribution in [0.4, 0.5) is 4.79 Å². The van der Waals surface area contributed by atoms with E-state index in [1.165, 1.54) is 44.9 Å². The molecule has 4 saturated carbocycles. The van der Waals surface area contributed by atoms with Gasteiger partial charge in [0, 0.05) is 12.5 Å². The molecule has 228 valence electrons. The zero-order valence-electron chi connectivity index (χ0n) is 27.9. The Bertz CT molecular complexity index is 1040. The Morgan fingerprint density at radius 2 is 1.60 bits per heavy atom. The van der Waals surface area contributed by atoms with Gasteiger partial charge in [0.25, 0.3) is 0 Å². The van der Waals surface area contributed by atoms with Crippen LogP contribution in [0.25, 0.3) is 0 Å². The molecule has 11 atom stereocenters. The van der Waals surface area contributed by atoms with Crippen LogP contribution in [-0.2, 0) is 14.2 Å². The van der Waals surface area contributed by atoms with Gasteiger partial charge in [0.1, 0.15) is 11.7 Å². The van der Waals surface area contributed by atoms with Crippen molar-refractivity contribution in [3.63, 3.8) is 0 Å². The second-order valence-corrected chi connectivity index (χ2v) is 17.6. The van der Waals surface area contributed by atoms with Gasteiger partial charge in [-0.1, -0.05) is 67.0 Å². The molecule has 4 nitrogen and oxygen atoms in total. The van der Waals surface area contributed by atoms with E-state index < -0.39 is 11.8 Å². The Hall–Kier alpha value is -1.03. The molecule has 40 heavy (non-hydrogen) atoms. The number of fused-ring (bicyclic) bond motifs is 7. The molecule has 5 aliphatic carbocycles. The summed E-state index contributed by atoms with van der Waals surface area (Å²) in [5.41, 5.74) is 2.11. The van der Waals surface area contributed by atoms with Gasteiger partial charge in [-0.05, 0) is 123 Å². The first kappa shape index (κ1) is 30.4. The van der Waals surface area contributed by atoms with Crippen LogP contribution in [0.2, 0.25) is 0 Å². The van der Waals surface area contributed by atoms with Crippen molar-refractivity contribution in [3.8, 4) is 0 Å². The lowest BCUT2D eigenvalue weighted by Gasteiger charge is -2.72. The monoisotopic (exact) mass is 556 g/mol. The molecule has 0 N–H and O–H groups in total. The Labute approximate surface area is 245 Å². The SMILES string of the molecule is CO[C@H]1C[C@@]2(C)C(CC[C@]3(C)C2CC=C2C4[C@@H](C)[C@H](C)CC[C@]4(C)CC[C@]23C)C(C)(C)[C@@H]1OC(=O)OC(C)(C)C. The summed E-state index contributed by atoms with van der Waals surface area (Å²) in [6.07, 6.45) is 11.7. The topological polar surface area (TPSA) is 44.8 Å². The van der Waals surface area contributed by atoms with Gasteiger partial charge < -0.3 is 14.2 Å². The molecule has 0 radical (unpaired) electrons. The maximum Gasteiger partial charge on any atom is 0.509 e. The number of rotatable bonds is 2. The lowest BCUT2D eigenvalue weighted by atomic mass is 9.33. The maximum absolute atomic E-state index is 12.9. The summed E-state index contributed by atoms with van der Waals surface area (Å²) in [6.45, 7) is 25.9. The Kier molecular flexibility index (Phi) is 7.22. The van der Waals surface area contributed by atoms with Crippen LogP contribution in [0.1, 0.15) is 128 Å². The first-order valence-corrected chi connectivity index (χ1v) is 16.5. The third-order valence-electron chi connectivity index (χ3n) is 14.2. The average Bonchev–Trinajstić information content (AvgIpc) is 2.83. The van der Waals surface area contributed by atoms with Gasteiger partial charge in [-0.2, -0.15) is 0 Å². The standard InChI is InChI=1S/C36H60O4/c1-22-15-17-33(8)19-20-35(10)24(28(33)23(22)2)13-14-27-34(9)21-25(38-12)29(39-30(37)40-31(3,4)5)32(6,7)26(34)16-18-36(27,35)11/h13,22-23,25-29H,14-21H2,1-12H3/t22-,23+,25+,26?,27?,28?,29-,33-,34+,35-,36-/m1/s1. The molecule has 0 aromatic carbocycles. The van der Waals surface area contributed by atoms with Crippen LogP contribution in [0, 0.1) is 56.7 Å². The van der Waals surface area contributed by atoms with E-state index in [1.807, 2.05) is 26.3 Å². The molecular formula is C36H60O4. The fourth-order valence-electron chi connectivity index (χ4n) is 11.8. The van der Waals surface area contributed by atoms with Crippen molar-refractivity contribution in [2.45, 2.75) is 145 Å². The van der Waals surface area contributed by atoms with Crippen LogP contribution in [-0.4, -0.2) is 31.1 Å². The van der Waals surface area contributed by atoms with E-state index >= 15 is 0 Å². The molecule has 0 amide bonds. The van der Waals surface area contributed by atoms with Gasteiger partial charge in [0.15, 0.2) is 0 Å². The number of hydrogen-bond acceptors (Lipinski definition) is 4. The lowest BCUT2D eigenvalue weighted by molar-refractivity contribution is -0.239. The van der Waals surface area contributed by atoms with Crippen molar-refractivity contribution in [3.05, 3.63) is 11.6 Å². The highest BCUT2D eigenvalue weighted by Crippen LogP contribution is 2.75. The van der Waals surface area contributed by atoms with Crippen LogP contribution < -0.4 is 0 Å². The molecule has 3 unspecified atom stereocenters. The van der Waals surface area contributed by atoms with Gasteiger partial charge in [0.05, 0.1) is 6.10 Å². The third-order valence-corrected chi connectivity index (χ3v) is 14.2. The van der Waals surface area contributed by atoms with E-state index in [2.05, 4.69) is 61.5 Å². The first-order chi connectivity index (χ1) is 18.3. The predicted molar refractivity (Wildman–Crippen MR) is 162 cm³/mol. The van der Waals surface area contributed by atoms with Crippen molar-refractivity contribution >= 4 is 6.16 Å². The summed E-state index contributed by atoms with van der Waals surface area (Å²) in [6, 6.07) is 0. The predicted octanol–water partition coefficient (Wildman–Crippen LogP) is 9.61. The minimum absolute atomic E-state index is 0.113. The first-order valence-electron chi connectivity index (χ1n) is 16.5. The fourth-order valence-corrected chi connectivity index (χ4v) is 11.8. The molecule has 0 saturated heterocycles.